The number of nitrogens with two attached hydrogens (primary N) is 1. The maximum Gasteiger partial charge on any atom is 0.258 e. The Balaban J connectivity index is 0.803. The number of aliphatic hydroxyl groups excluding tert-OH is 1. The Labute approximate surface area is 433 Å². The van der Waals surface area contributed by atoms with E-state index in [2.05, 4.69) is 36.5 Å². The molecule has 1 fully saturated rings. The summed E-state index contributed by atoms with van der Waals surface area (Å²) in [5.41, 5.74) is 12.4. The van der Waals surface area contributed by atoms with Gasteiger partial charge in [0, 0.05) is 87.5 Å². The Kier molecular flexibility index (Phi) is 17.0. The van der Waals surface area contributed by atoms with Gasteiger partial charge in [-0.15, -0.1) is 0 Å². The van der Waals surface area contributed by atoms with E-state index in [0.717, 1.165) is 39.3 Å². The molecule has 1 unspecified atom stereocenters. The number of nitrogens with zero attached hydrogens (tertiary/aromatic N) is 5. The highest BCUT2D eigenvalue weighted by Crippen LogP contribution is 2.50. The van der Waals surface area contributed by atoms with E-state index >= 15 is 0 Å². The maximum absolute atomic E-state index is 14.0. The van der Waals surface area contributed by atoms with Gasteiger partial charge in [-0.2, -0.15) is 0 Å². The summed E-state index contributed by atoms with van der Waals surface area (Å²) in [6.45, 7) is 3.74. The molecule has 0 radical (unpaired) electrons. The molecule has 4 aliphatic rings. The fraction of sp³-hybridized carbons (Fsp3) is 0.345. The van der Waals surface area contributed by atoms with E-state index in [0.29, 0.717) is 73.6 Å². The molecule has 8 N–H and O–H groups in total. The number of carbonyl (C=O) groups is 8. The second-order valence-corrected chi connectivity index (χ2v) is 19.0. The van der Waals surface area contributed by atoms with E-state index in [4.69, 9.17) is 10.7 Å². The van der Waals surface area contributed by atoms with Crippen LogP contribution >= 0.6 is 0 Å². The zero-order valence-electron chi connectivity index (χ0n) is 41.7. The zero-order chi connectivity index (χ0) is 53.1. The third-order valence-corrected chi connectivity index (χ3v) is 13.5. The van der Waals surface area contributed by atoms with Crippen molar-refractivity contribution in [1.29, 1.82) is 0 Å². The molecule has 4 aromatic rings. The number of nitrogens with one attached hydrogen (secondary N) is 5. The molecule has 3 aliphatic heterocycles. The Morgan fingerprint density at radius 1 is 0.853 bits per heavy atom. The fourth-order valence-corrected chi connectivity index (χ4v) is 9.35. The molecular weight excluding hydrogens is 959 g/mol. The number of hydrogen-bond donors (Lipinski definition) is 7. The number of amidine groups is 1. The predicted octanol–water partition coefficient (Wildman–Crippen LogP) is 1.86. The van der Waals surface area contributed by atoms with E-state index in [1.807, 2.05) is 61.5 Å². The lowest BCUT2D eigenvalue weighted by Gasteiger charge is -2.29. The van der Waals surface area contributed by atoms with Gasteiger partial charge in [0.25, 0.3) is 11.8 Å². The van der Waals surface area contributed by atoms with Gasteiger partial charge in [0.2, 0.25) is 35.4 Å². The molecule has 20 heteroatoms. The lowest BCUT2D eigenvalue weighted by atomic mass is 9.92. The topological polar surface area (TPSA) is 278 Å². The fourth-order valence-electron chi connectivity index (χ4n) is 9.35. The van der Waals surface area contributed by atoms with Crippen LogP contribution in [0.2, 0.25) is 0 Å². The summed E-state index contributed by atoms with van der Waals surface area (Å²) in [6.07, 6.45) is 8.82. The van der Waals surface area contributed by atoms with E-state index in [1.165, 1.54) is 12.2 Å². The summed E-state index contributed by atoms with van der Waals surface area (Å²) in [4.78, 5) is 117. The lowest BCUT2D eigenvalue weighted by molar-refractivity contribution is -0.130. The Bertz CT molecular complexity index is 2930. The number of imide groups is 1. The summed E-state index contributed by atoms with van der Waals surface area (Å²) in [5.74, 6) is -3.05. The lowest BCUT2D eigenvalue weighted by Crippen LogP contribution is -2.52. The molecule has 1 aromatic heterocycles. The summed E-state index contributed by atoms with van der Waals surface area (Å²) in [5, 5.41) is 23.3. The first kappa shape index (κ1) is 52.9. The number of amides is 8. The number of rotatable bonds is 22. The molecule has 20 nitrogen and oxygen atoms in total. The van der Waals surface area contributed by atoms with Crippen molar-refractivity contribution < 1.29 is 43.5 Å². The summed E-state index contributed by atoms with van der Waals surface area (Å²) >= 11 is 0. The van der Waals surface area contributed by atoms with Crippen molar-refractivity contribution in [2.45, 2.75) is 69.9 Å². The third kappa shape index (κ3) is 13.4. The van der Waals surface area contributed by atoms with Gasteiger partial charge >= 0.3 is 0 Å². The average Bonchev–Trinajstić information content (AvgIpc) is 4.19. The Hall–Kier alpha value is -8.36. The molecule has 1 aliphatic carbocycles. The Morgan fingerprint density at radius 3 is 2.31 bits per heavy atom. The second-order valence-electron chi connectivity index (χ2n) is 19.0. The number of pyridine rings is 1. The summed E-state index contributed by atoms with van der Waals surface area (Å²) < 4.78 is 0. The highest BCUT2D eigenvalue weighted by atomic mass is 16.3. The van der Waals surface area contributed by atoms with Crippen LogP contribution in [-0.2, 0) is 69.6 Å². The van der Waals surface area contributed by atoms with Crippen LogP contribution in [0.4, 0.5) is 17.1 Å². The van der Waals surface area contributed by atoms with Crippen molar-refractivity contribution in [3.8, 4) is 0 Å². The average molecular weight is 1020 g/mol. The normalized spacial score (nSPS) is 15.8. The van der Waals surface area contributed by atoms with Gasteiger partial charge in [-0.25, -0.2) is 9.89 Å². The molecule has 390 valence electrons. The van der Waals surface area contributed by atoms with Crippen LogP contribution in [0.1, 0.15) is 66.1 Å². The number of anilines is 2. The van der Waals surface area contributed by atoms with Crippen LogP contribution in [0.15, 0.2) is 108 Å². The van der Waals surface area contributed by atoms with E-state index in [9.17, 15) is 43.5 Å². The molecule has 4 heterocycles. The molecule has 0 spiro atoms. The van der Waals surface area contributed by atoms with Crippen LogP contribution < -0.4 is 37.2 Å². The highest BCUT2D eigenvalue weighted by molar-refractivity contribution is 6.28. The molecule has 0 saturated heterocycles. The number of benzene rings is 3. The van der Waals surface area contributed by atoms with Crippen molar-refractivity contribution in [2.24, 2.45) is 10.7 Å². The SMILES string of the molecule is CCCN(CCO)C(=O)C1=Cc2ccc(C3(C(=O)Nc4cnc5c(c4)CN(CCNC(=O)C(Cc4ccccc4)NC(=O)CNC(=O)CNC(=O)Cc4ccc(N6C(=O)C=CC6=O)cc4)CC5)CC3)cc2N=C(N)C1. The number of aromatic nitrogens is 1. The molecule has 8 amide bonds. The first-order chi connectivity index (χ1) is 36.2. The van der Waals surface area contributed by atoms with E-state index in [-0.39, 0.29) is 56.6 Å². The van der Waals surface area contributed by atoms with Gasteiger partial charge in [0.15, 0.2) is 0 Å². The quantitative estimate of drug-likeness (QED) is 0.0556. The van der Waals surface area contributed by atoms with Crippen LogP contribution in [0.25, 0.3) is 6.08 Å². The molecule has 3 aromatic carbocycles. The largest absolute Gasteiger partial charge is 0.395 e. The number of aliphatic imine (C=N–C) groups is 1. The first-order valence-electron chi connectivity index (χ1n) is 25.1. The molecule has 0 bridgehead atoms. The summed E-state index contributed by atoms with van der Waals surface area (Å²) in [7, 11) is 0. The highest BCUT2D eigenvalue weighted by Gasteiger charge is 2.51. The number of hydrogen-bond acceptors (Lipinski definition) is 13. The predicted molar refractivity (Wildman–Crippen MR) is 280 cm³/mol. The Morgan fingerprint density at radius 2 is 1.59 bits per heavy atom. The number of carbonyl (C=O) groups excluding carboxylic acids is 8. The van der Waals surface area contributed by atoms with Crippen LogP contribution in [0.5, 0.6) is 0 Å². The molecule has 1 saturated carbocycles. The first-order valence-corrected chi connectivity index (χ1v) is 25.1. The third-order valence-electron chi connectivity index (χ3n) is 13.5. The van der Waals surface area contributed by atoms with Crippen molar-refractivity contribution in [3.05, 3.63) is 136 Å². The number of aliphatic hydroxyl groups is 1. The van der Waals surface area contributed by atoms with Gasteiger partial charge in [-0.05, 0) is 71.9 Å². The van der Waals surface area contributed by atoms with Crippen molar-refractivity contribution in [2.75, 3.05) is 62.6 Å². The standard InChI is InChI=1S/C55H61N11O9/c1-2-20-65(23-24-67)53(74)38-27-37-10-11-40(30-44(37)62-46(56)29-38)55(17-18-55)54(75)61-41-28-39-34-64(21-16-43(39)58-31-41)22-19-57-52(73)45(25-35-6-4-3-5-7-35)63-49(70)33-60-48(69)32-59-47(68)26-36-8-12-42(13-9-36)66-50(71)14-15-51(66)72/h3-15,27-28,30-31,45,67H,2,16-26,29,32-34H2,1H3,(H2,56,62)(H,57,73)(H,59,68)(H,60,69)(H,61,75)(H,63,70). The van der Waals surface area contributed by atoms with Gasteiger partial charge < -0.3 is 42.3 Å². The minimum absolute atomic E-state index is 0.0692. The molecule has 75 heavy (non-hydrogen) atoms. The molecule has 8 rings (SSSR count). The van der Waals surface area contributed by atoms with Crippen molar-refractivity contribution in [1.82, 2.24) is 36.1 Å². The van der Waals surface area contributed by atoms with Crippen molar-refractivity contribution in [3.63, 3.8) is 0 Å². The smallest absolute Gasteiger partial charge is 0.258 e. The van der Waals surface area contributed by atoms with Crippen molar-refractivity contribution >= 4 is 76.2 Å². The second kappa shape index (κ2) is 24.1. The minimum Gasteiger partial charge on any atom is -0.395 e. The van der Waals surface area contributed by atoms with Crippen LogP contribution in [0, 0.1) is 0 Å². The molecule has 1 atom stereocenters. The van der Waals surface area contributed by atoms with Crippen LogP contribution in [-0.4, -0.2) is 131 Å². The zero-order valence-corrected chi connectivity index (χ0v) is 41.7. The maximum atomic E-state index is 14.0. The minimum atomic E-state index is -0.954. The van der Waals surface area contributed by atoms with E-state index < -0.39 is 60.0 Å². The summed E-state index contributed by atoms with van der Waals surface area (Å²) in [6, 6.07) is 22.2. The van der Waals surface area contributed by atoms with E-state index in [1.54, 1.807) is 41.4 Å². The van der Waals surface area contributed by atoms with Gasteiger partial charge in [0.05, 0.1) is 54.8 Å². The van der Waals surface area contributed by atoms with Crippen LogP contribution in [0.3, 0.4) is 0 Å². The monoisotopic (exact) mass is 1020 g/mol. The van der Waals surface area contributed by atoms with Gasteiger partial charge in [-0.3, -0.25) is 48.2 Å². The van der Waals surface area contributed by atoms with Gasteiger partial charge in [-0.1, -0.05) is 61.5 Å². The van der Waals surface area contributed by atoms with Gasteiger partial charge in [0.1, 0.15) is 11.9 Å². The number of fused-ring (bicyclic) bond motifs is 2. The molecular formula is C55H61N11O9.